The van der Waals surface area contributed by atoms with Gasteiger partial charge in [-0.15, -0.1) is 0 Å². The van der Waals surface area contributed by atoms with E-state index in [2.05, 4.69) is 5.32 Å². The van der Waals surface area contributed by atoms with Crippen LogP contribution < -0.4 is 5.32 Å². The Morgan fingerprint density at radius 2 is 1.69 bits per heavy atom. The third-order valence-corrected chi connectivity index (χ3v) is 4.10. The summed E-state index contributed by atoms with van der Waals surface area (Å²) in [7, 11) is 0. The van der Waals surface area contributed by atoms with Crippen molar-refractivity contribution in [1.82, 2.24) is 0 Å². The lowest BCUT2D eigenvalue weighted by Crippen LogP contribution is -2.13. The van der Waals surface area contributed by atoms with E-state index in [0.717, 1.165) is 11.6 Å². The molecule has 0 aromatic heterocycles. The molecule has 2 N–H and O–H groups in total. The van der Waals surface area contributed by atoms with Crippen molar-refractivity contribution in [3.8, 4) is 11.1 Å². The molecule has 0 saturated carbocycles. The zero-order valence-electron chi connectivity index (χ0n) is 15.1. The first-order valence-corrected chi connectivity index (χ1v) is 8.54. The number of anilines is 1. The predicted octanol–water partition coefficient (Wildman–Crippen LogP) is 4.71. The summed E-state index contributed by atoms with van der Waals surface area (Å²) < 4.78 is 5.14. The molecule has 0 aliphatic carbocycles. The van der Waals surface area contributed by atoms with E-state index in [0.29, 0.717) is 11.3 Å². The zero-order valence-corrected chi connectivity index (χ0v) is 15.1. The highest BCUT2D eigenvalue weighted by atomic mass is 16.6. The van der Waals surface area contributed by atoms with E-state index in [4.69, 9.17) is 4.74 Å². The average Bonchev–Trinajstić information content (AvgIpc) is 2.73. The molecule has 3 rings (SSSR count). The fourth-order valence-corrected chi connectivity index (χ4v) is 2.68. The van der Waals surface area contributed by atoms with Crippen LogP contribution in [-0.4, -0.2) is 22.1 Å². The van der Waals surface area contributed by atoms with Crippen molar-refractivity contribution >= 4 is 23.4 Å². The van der Waals surface area contributed by atoms with E-state index in [1.54, 1.807) is 24.3 Å². The number of carbonyl (C=O) groups is 2. The number of nitro groups is 1. The number of ether oxygens (including phenoxy) is 1. The Kier molecular flexibility index (Phi) is 5.84. The van der Waals surface area contributed by atoms with Crippen molar-refractivity contribution in [3.63, 3.8) is 0 Å². The van der Waals surface area contributed by atoms with Gasteiger partial charge in [0.2, 0.25) is 0 Å². The third kappa shape index (κ3) is 4.95. The topological polar surface area (TPSA) is 119 Å². The van der Waals surface area contributed by atoms with Gasteiger partial charge in [-0.05, 0) is 29.3 Å². The molecule has 0 radical (unpaired) electrons. The molecular formula is C21H16N2O6. The lowest BCUT2D eigenvalue weighted by atomic mass is 9.98. The first kappa shape index (κ1) is 19.6. The van der Waals surface area contributed by atoms with Crippen molar-refractivity contribution < 1.29 is 24.4 Å². The number of non-ortho nitro benzene ring substituents is 1. The number of carboxylic acid groups (broad SMARTS) is 1. The van der Waals surface area contributed by atoms with Gasteiger partial charge < -0.3 is 9.84 Å². The molecule has 0 aliphatic heterocycles. The summed E-state index contributed by atoms with van der Waals surface area (Å²) in [5.41, 5.74) is 1.70. The van der Waals surface area contributed by atoms with Crippen LogP contribution in [-0.2, 0) is 11.3 Å². The highest BCUT2D eigenvalue weighted by Crippen LogP contribution is 2.29. The van der Waals surface area contributed by atoms with E-state index in [-0.39, 0.29) is 23.4 Å². The molecular weight excluding hydrogens is 376 g/mol. The van der Waals surface area contributed by atoms with Gasteiger partial charge in [-0.1, -0.05) is 42.5 Å². The molecule has 8 heteroatoms. The van der Waals surface area contributed by atoms with E-state index in [1.807, 2.05) is 30.3 Å². The SMILES string of the molecule is O=C(Nc1ccc(-c2cc([N+](=O)[O-])ccc2C(=O)O)cc1)OCc1ccccc1. The molecule has 0 atom stereocenters. The molecule has 29 heavy (non-hydrogen) atoms. The quantitative estimate of drug-likeness (QED) is 0.463. The van der Waals surface area contributed by atoms with Crippen molar-refractivity contribution in [3.05, 3.63) is 94.0 Å². The maximum atomic E-state index is 11.9. The van der Waals surface area contributed by atoms with Crippen molar-refractivity contribution in [1.29, 1.82) is 0 Å². The van der Waals surface area contributed by atoms with Crippen LogP contribution in [0, 0.1) is 10.1 Å². The Hall–Kier alpha value is -4.20. The normalized spacial score (nSPS) is 10.2. The van der Waals surface area contributed by atoms with Gasteiger partial charge in [0.05, 0.1) is 10.5 Å². The van der Waals surface area contributed by atoms with E-state index >= 15 is 0 Å². The molecule has 0 bridgehead atoms. The van der Waals surface area contributed by atoms with Crippen LogP contribution in [0.3, 0.4) is 0 Å². The smallest absolute Gasteiger partial charge is 0.411 e. The number of hydrogen-bond acceptors (Lipinski definition) is 5. The van der Waals surface area contributed by atoms with Gasteiger partial charge in [0.1, 0.15) is 6.61 Å². The third-order valence-electron chi connectivity index (χ3n) is 4.10. The van der Waals surface area contributed by atoms with E-state index < -0.39 is 17.0 Å². The van der Waals surface area contributed by atoms with Gasteiger partial charge in [-0.2, -0.15) is 0 Å². The second-order valence-corrected chi connectivity index (χ2v) is 6.06. The summed E-state index contributed by atoms with van der Waals surface area (Å²) in [6.45, 7) is 0.125. The van der Waals surface area contributed by atoms with Crippen molar-refractivity contribution in [2.24, 2.45) is 0 Å². The Bertz CT molecular complexity index is 1050. The monoisotopic (exact) mass is 392 g/mol. The van der Waals surface area contributed by atoms with Crippen molar-refractivity contribution in [2.45, 2.75) is 6.61 Å². The summed E-state index contributed by atoms with van der Waals surface area (Å²) in [5, 5.41) is 22.9. The first-order chi connectivity index (χ1) is 13.9. The molecule has 8 nitrogen and oxygen atoms in total. The average molecular weight is 392 g/mol. The van der Waals surface area contributed by atoms with Gasteiger partial charge in [0, 0.05) is 23.4 Å². The number of hydrogen-bond donors (Lipinski definition) is 2. The second kappa shape index (κ2) is 8.66. The lowest BCUT2D eigenvalue weighted by Gasteiger charge is -2.09. The summed E-state index contributed by atoms with van der Waals surface area (Å²) in [6.07, 6.45) is -0.636. The molecule has 0 unspecified atom stereocenters. The summed E-state index contributed by atoms with van der Waals surface area (Å²) in [5.74, 6) is -1.19. The van der Waals surface area contributed by atoms with Crippen LogP contribution in [0.1, 0.15) is 15.9 Å². The fraction of sp³-hybridized carbons (Fsp3) is 0.0476. The maximum Gasteiger partial charge on any atom is 0.411 e. The van der Waals surface area contributed by atoms with Gasteiger partial charge >= 0.3 is 12.1 Å². The van der Waals surface area contributed by atoms with Crippen LogP contribution in [0.4, 0.5) is 16.2 Å². The molecule has 0 fully saturated rings. The predicted molar refractivity (Wildman–Crippen MR) is 106 cm³/mol. The van der Waals surface area contributed by atoms with Gasteiger partial charge in [-0.3, -0.25) is 15.4 Å². The molecule has 0 aliphatic rings. The Labute approximate surface area is 165 Å². The molecule has 146 valence electrons. The molecule has 0 heterocycles. The molecule has 3 aromatic rings. The highest BCUT2D eigenvalue weighted by molar-refractivity contribution is 5.97. The van der Waals surface area contributed by atoms with Crippen molar-refractivity contribution in [2.75, 3.05) is 5.32 Å². The van der Waals surface area contributed by atoms with Crippen LogP contribution in [0.15, 0.2) is 72.8 Å². The van der Waals surface area contributed by atoms with Gasteiger partial charge in [0.25, 0.3) is 5.69 Å². The maximum absolute atomic E-state index is 11.9. The van der Waals surface area contributed by atoms with Gasteiger partial charge in [0.15, 0.2) is 0 Å². The molecule has 3 aromatic carbocycles. The van der Waals surface area contributed by atoms with Gasteiger partial charge in [-0.25, -0.2) is 9.59 Å². The number of amides is 1. The molecule has 1 amide bonds. The Balaban J connectivity index is 1.73. The van der Waals surface area contributed by atoms with E-state index in [9.17, 15) is 24.8 Å². The van der Waals surface area contributed by atoms with Crippen LogP contribution >= 0.6 is 0 Å². The number of rotatable bonds is 6. The standard InChI is InChI=1S/C21H16N2O6/c24-20(25)18-11-10-17(23(27)28)12-19(18)15-6-8-16(9-7-15)22-21(26)29-13-14-4-2-1-3-5-14/h1-12H,13H2,(H,22,26)(H,24,25). The first-order valence-electron chi connectivity index (χ1n) is 8.54. The fourth-order valence-electron chi connectivity index (χ4n) is 2.68. The number of benzene rings is 3. The number of nitrogens with one attached hydrogen (secondary N) is 1. The number of carboxylic acids is 1. The minimum absolute atomic E-state index is 0.0569. The van der Waals surface area contributed by atoms with E-state index in [1.165, 1.54) is 12.1 Å². The second-order valence-electron chi connectivity index (χ2n) is 6.06. The molecule has 0 saturated heterocycles. The summed E-state index contributed by atoms with van der Waals surface area (Å²) in [6, 6.07) is 19.0. The van der Waals surface area contributed by atoms with Crippen LogP contribution in [0.5, 0.6) is 0 Å². The summed E-state index contributed by atoms with van der Waals surface area (Å²) in [4.78, 5) is 33.8. The zero-order chi connectivity index (χ0) is 20.8. The number of nitro benzene ring substituents is 1. The minimum atomic E-state index is -1.19. The number of aromatic carboxylic acids is 1. The Morgan fingerprint density at radius 1 is 1.00 bits per heavy atom. The molecule has 0 spiro atoms. The summed E-state index contributed by atoms with van der Waals surface area (Å²) >= 11 is 0. The Morgan fingerprint density at radius 3 is 2.31 bits per heavy atom. The number of nitrogens with zero attached hydrogens (tertiary/aromatic N) is 1. The number of carbonyl (C=O) groups excluding carboxylic acids is 1. The lowest BCUT2D eigenvalue weighted by molar-refractivity contribution is -0.384. The minimum Gasteiger partial charge on any atom is -0.478 e. The van der Waals surface area contributed by atoms with Crippen LogP contribution in [0.2, 0.25) is 0 Å². The van der Waals surface area contributed by atoms with Crippen LogP contribution in [0.25, 0.3) is 11.1 Å². The highest BCUT2D eigenvalue weighted by Gasteiger charge is 2.17. The largest absolute Gasteiger partial charge is 0.478 e.